The first kappa shape index (κ1) is 16.0. The van der Waals surface area contributed by atoms with Crippen LogP contribution in [0.4, 0.5) is 5.69 Å². The molecule has 0 bridgehead atoms. The molecule has 21 heavy (non-hydrogen) atoms. The SMILES string of the molecule is O=C(CC(=O)NC1CCS(=O)(=O)C1)Nc1ccc(Br)cc1. The number of carbonyl (C=O) groups excluding carboxylic acids is 2. The van der Waals surface area contributed by atoms with E-state index in [2.05, 4.69) is 26.6 Å². The number of amides is 2. The van der Waals surface area contributed by atoms with Crippen LogP contribution >= 0.6 is 15.9 Å². The second-order valence-electron chi connectivity index (χ2n) is 4.90. The van der Waals surface area contributed by atoms with Crippen molar-refractivity contribution in [2.24, 2.45) is 0 Å². The molecular formula is C13H15BrN2O4S. The molecule has 2 N–H and O–H groups in total. The van der Waals surface area contributed by atoms with E-state index in [0.717, 1.165) is 4.47 Å². The Hall–Kier alpha value is -1.41. The molecule has 1 atom stereocenters. The topological polar surface area (TPSA) is 92.3 Å². The van der Waals surface area contributed by atoms with E-state index in [4.69, 9.17) is 0 Å². The highest BCUT2D eigenvalue weighted by atomic mass is 79.9. The lowest BCUT2D eigenvalue weighted by molar-refractivity contribution is -0.127. The lowest BCUT2D eigenvalue weighted by Gasteiger charge is -2.10. The van der Waals surface area contributed by atoms with E-state index in [1.807, 2.05) is 0 Å². The minimum absolute atomic E-state index is 0.0485. The van der Waals surface area contributed by atoms with Crippen molar-refractivity contribution in [1.82, 2.24) is 5.32 Å². The van der Waals surface area contributed by atoms with E-state index in [0.29, 0.717) is 12.1 Å². The smallest absolute Gasteiger partial charge is 0.233 e. The summed E-state index contributed by atoms with van der Waals surface area (Å²) in [6.45, 7) is 0. The zero-order valence-electron chi connectivity index (χ0n) is 11.1. The van der Waals surface area contributed by atoms with Gasteiger partial charge in [-0.15, -0.1) is 0 Å². The maximum atomic E-state index is 11.7. The van der Waals surface area contributed by atoms with Gasteiger partial charge < -0.3 is 10.6 Å². The molecule has 114 valence electrons. The zero-order chi connectivity index (χ0) is 15.5. The highest BCUT2D eigenvalue weighted by Crippen LogP contribution is 2.14. The molecule has 1 aromatic rings. The summed E-state index contributed by atoms with van der Waals surface area (Å²) in [5.74, 6) is -0.863. The van der Waals surface area contributed by atoms with Crippen LogP contribution in [0, 0.1) is 0 Å². The first-order chi connectivity index (χ1) is 9.84. The molecule has 2 rings (SSSR count). The van der Waals surface area contributed by atoms with Crippen LogP contribution in [0.2, 0.25) is 0 Å². The minimum atomic E-state index is -3.04. The summed E-state index contributed by atoms with van der Waals surface area (Å²) in [7, 11) is -3.04. The third-order valence-electron chi connectivity index (χ3n) is 3.05. The first-order valence-electron chi connectivity index (χ1n) is 6.39. The molecule has 8 heteroatoms. The van der Waals surface area contributed by atoms with E-state index in [9.17, 15) is 18.0 Å². The van der Waals surface area contributed by atoms with Crippen molar-refractivity contribution in [1.29, 1.82) is 0 Å². The van der Waals surface area contributed by atoms with Crippen LogP contribution in [-0.4, -0.2) is 37.8 Å². The predicted molar refractivity (Wildman–Crippen MR) is 82.6 cm³/mol. The number of rotatable bonds is 4. The van der Waals surface area contributed by atoms with Gasteiger partial charge in [0.2, 0.25) is 11.8 Å². The summed E-state index contributed by atoms with van der Waals surface area (Å²) in [6, 6.07) is 6.59. The molecule has 6 nitrogen and oxygen atoms in total. The van der Waals surface area contributed by atoms with Gasteiger partial charge in [0.15, 0.2) is 9.84 Å². The van der Waals surface area contributed by atoms with Crippen LogP contribution in [0.1, 0.15) is 12.8 Å². The number of hydrogen-bond donors (Lipinski definition) is 2. The van der Waals surface area contributed by atoms with Crippen LogP contribution in [0.15, 0.2) is 28.7 Å². The predicted octanol–water partition coefficient (Wildman–Crippen LogP) is 1.08. The van der Waals surface area contributed by atoms with Crippen molar-refractivity contribution in [3.63, 3.8) is 0 Å². The summed E-state index contributed by atoms with van der Waals surface area (Å²) in [5.41, 5.74) is 0.597. The molecule has 0 spiro atoms. The van der Waals surface area contributed by atoms with Gasteiger partial charge in [-0.05, 0) is 30.7 Å². The third kappa shape index (κ3) is 5.13. The summed E-state index contributed by atoms with van der Waals surface area (Å²) >= 11 is 3.28. The molecule has 1 fully saturated rings. The van der Waals surface area contributed by atoms with E-state index in [1.54, 1.807) is 24.3 Å². The lowest BCUT2D eigenvalue weighted by Crippen LogP contribution is -2.37. The number of nitrogens with one attached hydrogen (secondary N) is 2. The standard InChI is InChI=1S/C13H15BrN2O4S/c14-9-1-3-10(4-2-9)15-12(17)7-13(18)16-11-5-6-21(19,20)8-11/h1-4,11H,5-8H2,(H,15,17)(H,16,18). The van der Waals surface area contributed by atoms with E-state index >= 15 is 0 Å². The quantitative estimate of drug-likeness (QED) is 0.771. The molecule has 1 unspecified atom stereocenters. The molecule has 0 radical (unpaired) electrons. The lowest BCUT2D eigenvalue weighted by atomic mass is 10.2. The molecule has 0 aromatic heterocycles. The fourth-order valence-corrected chi connectivity index (χ4v) is 4.01. The first-order valence-corrected chi connectivity index (χ1v) is 9.01. The second-order valence-corrected chi connectivity index (χ2v) is 8.04. The van der Waals surface area contributed by atoms with Gasteiger partial charge in [0.25, 0.3) is 0 Å². The number of halogens is 1. The Bertz CT molecular complexity index is 643. The summed E-state index contributed by atoms with van der Waals surface area (Å²) in [5, 5.41) is 5.18. The zero-order valence-corrected chi connectivity index (χ0v) is 13.5. The fraction of sp³-hybridized carbons (Fsp3) is 0.385. The fourth-order valence-electron chi connectivity index (χ4n) is 2.07. The monoisotopic (exact) mass is 374 g/mol. The number of sulfone groups is 1. The molecule has 1 aromatic carbocycles. The average Bonchev–Trinajstić information content (AvgIpc) is 2.71. The van der Waals surface area contributed by atoms with Crippen LogP contribution in [-0.2, 0) is 19.4 Å². The Morgan fingerprint density at radius 2 is 1.86 bits per heavy atom. The number of carbonyl (C=O) groups is 2. The van der Waals surface area contributed by atoms with Gasteiger partial charge in [0, 0.05) is 16.2 Å². The van der Waals surface area contributed by atoms with Gasteiger partial charge in [0.05, 0.1) is 11.5 Å². The van der Waals surface area contributed by atoms with Crippen molar-refractivity contribution in [3.8, 4) is 0 Å². The highest BCUT2D eigenvalue weighted by Gasteiger charge is 2.29. The van der Waals surface area contributed by atoms with Gasteiger partial charge in [-0.3, -0.25) is 9.59 Å². The van der Waals surface area contributed by atoms with Crippen LogP contribution in [0.3, 0.4) is 0 Å². The van der Waals surface area contributed by atoms with Gasteiger partial charge >= 0.3 is 0 Å². The maximum absolute atomic E-state index is 11.7. The van der Waals surface area contributed by atoms with E-state index in [-0.39, 0.29) is 24.0 Å². The number of hydrogen-bond acceptors (Lipinski definition) is 4. The molecule has 1 heterocycles. The molecular weight excluding hydrogens is 360 g/mol. The average molecular weight is 375 g/mol. The van der Waals surface area contributed by atoms with Crippen molar-refractivity contribution >= 4 is 43.3 Å². The Labute approximate surface area is 131 Å². The number of anilines is 1. The van der Waals surface area contributed by atoms with Crippen LogP contribution in [0.5, 0.6) is 0 Å². The minimum Gasteiger partial charge on any atom is -0.352 e. The maximum Gasteiger partial charge on any atom is 0.233 e. The Morgan fingerprint density at radius 3 is 2.43 bits per heavy atom. The van der Waals surface area contributed by atoms with Crippen molar-refractivity contribution in [2.75, 3.05) is 16.8 Å². The van der Waals surface area contributed by atoms with Gasteiger partial charge in [0.1, 0.15) is 6.42 Å². The molecule has 0 saturated carbocycles. The van der Waals surface area contributed by atoms with Crippen LogP contribution < -0.4 is 10.6 Å². The molecule has 1 aliphatic rings. The Morgan fingerprint density at radius 1 is 1.19 bits per heavy atom. The van der Waals surface area contributed by atoms with E-state index < -0.39 is 21.7 Å². The molecule has 2 amide bonds. The molecule has 0 aliphatic carbocycles. The van der Waals surface area contributed by atoms with Gasteiger partial charge in [-0.1, -0.05) is 15.9 Å². The Kier molecular flexibility index (Phi) is 5.00. The Balaban J connectivity index is 1.80. The summed E-state index contributed by atoms with van der Waals surface area (Å²) < 4.78 is 23.4. The van der Waals surface area contributed by atoms with Gasteiger partial charge in [-0.25, -0.2) is 8.42 Å². The van der Waals surface area contributed by atoms with E-state index in [1.165, 1.54) is 0 Å². The molecule has 1 aliphatic heterocycles. The highest BCUT2D eigenvalue weighted by molar-refractivity contribution is 9.10. The second kappa shape index (κ2) is 6.57. The van der Waals surface area contributed by atoms with Crippen molar-refractivity contribution in [3.05, 3.63) is 28.7 Å². The third-order valence-corrected chi connectivity index (χ3v) is 5.34. The van der Waals surface area contributed by atoms with Crippen molar-refractivity contribution < 1.29 is 18.0 Å². The van der Waals surface area contributed by atoms with Crippen LogP contribution in [0.25, 0.3) is 0 Å². The number of benzene rings is 1. The molecule has 1 saturated heterocycles. The summed E-state index contributed by atoms with van der Waals surface area (Å²) in [6.07, 6.45) is 0.0784. The largest absolute Gasteiger partial charge is 0.352 e. The van der Waals surface area contributed by atoms with Gasteiger partial charge in [-0.2, -0.15) is 0 Å². The normalized spacial score (nSPS) is 20.0. The summed E-state index contributed by atoms with van der Waals surface area (Å²) in [4.78, 5) is 23.4. The van der Waals surface area contributed by atoms with Crippen molar-refractivity contribution in [2.45, 2.75) is 18.9 Å².